The number of nitrogens with zero attached hydrogens (tertiary/aromatic N) is 1. The number of carbonyl (C=O) groups excluding carboxylic acids is 1. The average molecular weight is 327 g/mol. The molecule has 0 radical (unpaired) electrons. The van der Waals surface area contributed by atoms with Crippen molar-refractivity contribution in [1.82, 2.24) is 0 Å². The Balaban J connectivity index is 1.67. The van der Waals surface area contributed by atoms with Crippen molar-refractivity contribution in [3.05, 3.63) is 35.4 Å². The number of hydrogen-bond acceptors (Lipinski definition) is 3. The zero-order valence-corrected chi connectivity index (χ0v) is 14.8. The van der Waals surface area contributed by atoms with E-state index in [2.05, 4.69) is 13.0 Å². The molecule has 24 heavy (non-hydrogen) atoms. The van der Waals surface area contributed by atoms with Crippen LogP contribution in [0.4, 0.5) is 0 Å². The smallest absolute Gasteiger partial charge is 0.338 e. The van der Waals surface area contributed by atoms with Gasteiger partial charge in [-0.05, 0) is 55.9 Å². The standard InChI is InChI=1S/C21H29NO2/c1-2-3-4-5-6-7-17-10-14-20(15-11-17)24-21(23)19-12-8-18(16-22)9-13-19/h8-9,12-13,17,20H,2-7,10-11,14-15H2,1H3. The normalized spacial score (nSPS) is 20.3. The molecule has 1 fully saturated rings. The predicted molar refractivity (Wildman–Crippen MR) is 95.7 cm³/mol. The number of benzene rings is 1. The monoisotopic (exact) mass is 327 g/mol. The third kappa shape index (κ3) is 6.00. The molecule has 0 aromatic heterocycles. The van der Waals surface area contributed by atoms with Crippen molar-refractivity contribution in [2.45, 2.75) is 77.2 Å². The van der Waals surface area contributed by atoms with Crippen LogP contribution < -0.4 is 0 Å². The van der Waals surface area contributed by atoms with E-state index in [9.17, 15) is 4.79 Å². The van der Waals surface area contributed by atoms with E-state index in [1.165, 1.54) is 51.4 Å². The van der Waals surface area contributed by atoms with E-state index >= 15 is 0 Å². The minimum absolute atomic E-state index is 0.0597. The second kappa shape index (κ2) is 10.1. The van der Waals surface area contributed by atoms with Crippen molar-refractivity contribution in [3.8, 4) is 6.07 Å². The van der Waals surface area contributed by atoms with Crippen LogP contribution in [0.2, 0.25) is 0 Å². The lowest BCUT2D eigenvalue weighted by atomic mass is 9.84. The first-order valence-corrected chi connectivity index (χ1v) is 9.44. The first-order valence-electron chi connectivity index (χ1n) is 9.44. The van der Waals surface area contributed by atoms with Crippen LogP contribution in [0.3, 0.4) is 0 Å². The van der Waals surface area contributed by atoms with Crippen LogP contribution in [0.1, 0.15) is 87.1 Å². The van der Waals surface area contributed by atoms with Gasteiger partial charge in [0.15, 0.2) is 0 Å². The maximum atomic E-state index is 12.2. The van der Waals surface area contributed by atoms with Gasteiger partial charge in [-0.1, -0.05) is 45.4 Å². The van der Waals surface area contributed by atoms with Gasteiger partial charge in [0.1, 0.15) is 6.10 Å². The fourth-order valence-electron chi connectivity index (χ4n) is 3.48. The van der Waals surface area contributed by atoms with Crippen molar-refractivity contribution in [2.24, 2.45) is 5.92 Å². The van der Waals surface area contributed by atoms with Crippen molar-refractivity contribution in [3.63, 3.8) is 0 Å². The number of rotatable bonds is 8. The quantitative estimate of drug-likeness (QED) is 0.459. The maximum Gasteiger partial charge on any atom is 0.338 e. The summed E-state index contributed by atoms with van der Waals surface area (Å²) in [5, 5.41) is 8.79. The maximum absolute atomic E-state index is 12.2. The Morgan fingerprint density at radius 3 is 2.38 bits per heavy atom. The molecule has 130 valence electrons. The van der Waals surface area contributed by atoms with E-state index in [0.717, 1.165) is 18.8 Å². The molecule has 0 bridgehead atoms. The molecule has 3 nitrogen and oxygen atoms in total. The lowest BCUT2D eigenvalue weighted by molar-refractivity contribution is 0.0161. The molecule has 3 heteroatoms. The van der Waals surface area contributed by atoms with E-state index in [1.807, 2.05) is 0 Å². The number of hydrogen-bond donors (Lipinski definition) is 0. The topological polar surface area (TPSA) is 50.1 Å². The molecule has 0 unspecified atom stereocenters. The summed E-state index contributed by atoms with van der Waals surface area (Å²) in [6.07, 6.45) is 12.5. The van der Waals surface area contributed by atoms with Gasteiger partial charge in [0.05, 0.1) is 17.2 Å². The Kier molecular flexibility index (Phi) is 7.82. The predicted octanol–water partition coefficient (Wildman–Crippen LogP) is 5.63. The second-order valence-electron chi connectivity index (χ2n) is 6.94. The molecule has 0 aliphatic heterocycles. The molecule has 0 N–H and O–H groups in total. The van der Waals surface area contributed by atoms with Gasteiger partial charge < -0.3 is 4.74 Å². The zero-order valence-electron chi connectivity index (χ0n) is 14.8. The molecule has 1 aliphatic rings. The highest BCUT2D eigenvalue weighted by atomic mass is 16.5. The van der Waals surface area contributed by atoms with Crippen molar-refractivity contribution in [2.75, 3.05) is 0 Å². The lowest BCUT2D eigenvalue weighted by Crippen LogP contribution is -2.24. The molecular weight excluding hydrogens is 298 g/mol. The van der Waals surface area contributed by atoms with Gasteiger partial charge in [-0.2, -0.15) is 5.26 Å². The van der Waals surface area contributed by atoms with Gasteiger partial charge >= 0.3 is 5.97 Å². The van der Waals surface area contributed by atoms with Gasteiger partial charge in [-0.25, -0.2) is 4.79 Å². The molecule has 1 aromatic rings. The summed E-state index contributed by atoms with van der Waals surface area (Å²) in [6.45, 7) is 2.25. The number of nitriles is 1. The molecule has 0 atom stereocenters. The third-order valence-corrected chi connectivity index (χ3v) is 5.03. The van der Waals surface area contributed by atoms with Crippen LogP contribution in [0, 0.1) is 17.2 Å². The minimum atomic E-state index is -0.262. The van der Waals surface area contributed by atoms with Crippen LogP contribution >= 0.6 is 0 Å². The molecule has 2 rings (SSSR count). The van der Waals surface area contributed by atoms with Crippen LogP contribution in [0.25, 0.3) is 0 Å². The molecule has 1 aromatic carbocycles. The Labute approximate surface area is 146 Å². The largest absolute Gasteiger partial charge is 0.459 e. The van der Waals surface area contributed by atoms with E-state index < -0.39 is 0 Å². The van der Waals surface area contributed by atoms with Crippen molar-refractivity contribution in [1.29, 1.82) is 5.26 Å². The van der Waals surface area contributed by atoms with Crippen molar-refractivity contribution < 1.29 is 9.53 Å². The van der Waals surface area contributed by atoms with E-state index in [4.69, 9.17) is 10.00 Å². The summed E-state index contributed by atoms with van der Waals surface area (Å²) in [6, 6.07) is 8.71. The summed E-state index contributed by atoms with van der Waals surface area (Å²) < 4.78 is 5.63. The summed E-state index contributed by atoms with van der Waals surface area (Å²) in [7, 11) is 0. The molecule has 0 spiro atoms. The van der Waals surface area contributed by atoms with Gasteiger partial charge in [0.25, 0.3) is 0 Å². The molecule has 0 heterocycles. The van der Waals surface area contributed by atoms with E-state index in [1.54, 1.807) is 24.3 Å². The number of ether oxygens (including phenoxy) is 1. The Hall–Kier alpha value is -1.82. The Morgan fingerprint density at radius 1 is 1.08 bits per heavy atom. The van der Waals surface area contributed by atoms with Crippen LogP contribution in [0.15, 0.2) is 24.3 Å². The number of carbonyl (C=O) groups is 1. The lowest BCUT2D eigenvalue weighted by Gasteiger charge is -2.28. The SMILES string of the molecule is CCCCCCCC1CCC(OC(=O)c2ccc(C#N)cc2)CC1. The van der Waals surface area contributed by atoms with Crippen molar-refractivity contribution >= 4 is 5.97 Å². The summed E-state index contributed by atoms with van der Waals surface area (Å²) in [5.41, 5.74) is 1.10. The highest BCUT2D eigenvalue weighted by Crippen LogP contribution is 2.30. The average Bonchev–Trinajstić information content (AvgIpc) is 2.63. The Bertz CT molecular complexity index is 536. The fourth-order valence-corrected chi connectivity index (χ4v) is 3.48. The molecular formula is C21H29NO2. The zero-order chi connectivity index (χ0) is 17.2. The van der Waals surface area contributed by atoms with E-state index in [0.29, 0.717) is 11.1 Å². The first-order chi connectivity index (χ1) is 11.7. The van der Waals surface area contributed by atoms with Crippen LogP contribution in [-0.4, -0.2) is 12.1 Å². The summed E-state index contributed by atoms with van der Waals surface area (Å²) >= 11 is 0. The van der Waals surface area contributed by atoms with Crippen LogP contribution in [-0.2, 0) is 4.74 Å². The molecule has 0 saturated heterocycles. The minimum Gasteiger partial charge on any atom is -0.459 e. The molecule has 0 amide bonds. The van der Waals surface area contributed by atoms with Gasteiger partial charge in [0.2, 0.25) is 0 Å². The molecule has 1 saturated carbocycles. The van der Waals surface area contributed by atoms with Gasteiger partial charge in [-0.3, -0.25) is 0 Å². The molecule has 1 aliphatic carbocycles. The van der Waals surface area contributed by atoms with Gasteiger partial charge in [-0.15, -0.1) is 0 Å². The summed E-state index contributed by atoms with van der Waals surface area (Å²) in [5.74, 6) is 0.555. The number of esters is 1. The van der Waals surface area contributed by atoms with E-state index in [-0.39, 0.29) is 12.1 Å². The first kappa shape index (κ1) is 18.5. The highest BCUT2D eigenvalue weighted by Gasteiger charge is 2.24. The van der Waals surface area contributed by atoms with Gasteiger partial charge in [0, 0.05) is 0 Å². The highest BCUT2D eigenvalue weighted by molar-refractivity contribution is 5.89. The number of unbranched alkanes of at least 4 members (excludes halogenated alkanes) is 4. The second-order valence-corrected chi connectivity index (χ2v) is 6.94. The van der Waals surface area contributed by atoms with Crippen LogP contribution in [0.5, 0.6) is 0 Å². The fraction of sp³-hybridized carbons (Fsp3) is 0.619. The Morgan fingerprint density at radius 2 is 1.75 bits per heavy atom. The summed E-state index contributed by atoms with van der Waals surface area (Å²) in [4.78, 5) is 12.2. The third-order valence-electron chi connectivity index (χ3n) is 5.03.